The second-order valence-corrected chi connectivity index (χ2v) is 7.40. The summed E-state index contributed by atoms with van der Waals surface area (Å²) in [6, 6.07) is 4.17. The summed E-state index contributed by atoms with van der Waals surface area (Å²) in [5, 5.41) is 3.45. The standard InChI is InChI=1S/C18H24N4OS/c1-4-15(10-19-6-1)11-21(13-17-5-2-9-23-17)12-16-14-24-18-20-7-3-8-22(16)18/h1,4,6,10,14,17H,2-3,5,7-9,11-13H2/t17-/m0/s1. The number of fused-ring (bicyclic) bond motifs is 1. The summed E-state index contributed by atoms with van der Waals surface area (Å²) in [6.45, 7) is 5.81. The van der Waals surface area contributed by atoms with Crippen LogP contribution >= 0.6 is 11.8 Å². The van der Waals surface area contributed by atoms with E-state index in [0.29, 0.717) is 6.10 Å². The van der Waals surface area contributed by atoms with Crippen LogP contribution < -0.4 is 0 Å². The zero-order valence-corrected chi connectivity index (χ0v) is 14.7. The number of rotatable bonds is 6. The number of aliphatic imine (C=N–C) groups is 1. The molecule has 6 heteroatoms. The first kappa shape index (κ1) is 16.1. The van der Waals surface area contributed by atoms with Crippen molar-refractivity contribution in [2.45, 2.75) is 31.9 Å². The van der Waals surface area contributed by atoms with E-state index in [1.54, 1.807) is 11.8 Å². The Balaban J connectivity index is 1.45. The van der Waals surface area contributed by atoms with Crippen LogP contribution in [0.3, 0.4) is 0 Å². The van der Waals surface area contributed by atoms with Gasteiger partial charge in [0.1, 0.15) is 0 Å². The zero-order valence-electron chi connectivity index (χ0n) is 13.9. The molecule has 1 aromatic heterocycles. The minimum absolute atomic E-state index is 0.367. The molecule has 128 valence electrons. The molecule has 0 saturated carbocycles. The Morgan fingerprint density at radius 2 is 2.33 bits per heavy atom. The fourth-order valence-electron chi connectivity index (χ4n) is 3.50. The van der Waals surface area contributed by atoms with E-state index in [2.05, 4.69) is 31.3 Å². The van der Waals surface area contributed by atoms with E-state index in [-0.39, 0.29) is 0 Å². The van der Waals surface area contributed by atoms with Crippen LogP contribution in [0, 0.1) is 0 Å². The summed E-state index contributed by atoms with van der Waals surface area (Å²) < 4.78 is 5.87. The van der Waals surface area contributed by atoms with Crippen LogP contribution in [0.2, 0.25) is 0 Å². The Morgan fingerprint density at radius 1 is 1.33 bits per heavy atom. The van der Waals surface area contributed by atoms with Crippen LogP contribution in [-0.2, 0) is 11.3 Å². The lowest BCUT2D eigenvalue weighted by Crippen LogP contribution is -2.38. The SMILES string of the molecule is C1=C(CN(Cc2cccnc2)C[C@@H]2CCCO2)N2CCCN=C2S1. The van der Waals surface area contributed by atoms with Crippen LogP contribution in [0.15, 0.2) is 40.6 Å². The maximum atomic E-state index is 5.87. The average molecular weight is 344 g/mol. The summed E-state index contributed by atoms with van der Waals surface area (Å²) in [5.74, 6) is 0. The van der Waals surface area contributed by atoms with Crippen molar-refractivity contribution in [3.63, 3.8) is 0 Å². The number of ether oxygens (including phenoxy) is 1. The lowest BCUT2D eigenvalue weighted by atomic mass is 10.2. The molecule has 24 heavy (non-hydrogen) atoms. The van der Waals surface area contributed by atoms with E-state index in [9.17, 15) is 0 Å². The van der Waals surface area contributed by atoms with Gasteiger partial charge >= 0.3 is 0 Å². The summed E-state index contributed by atoms with van der Waals surface area (Å²) in [7, 11) is 0. The van der Waals surface area contributed by atoms with Gasteiger partial charge in [0.25, 0.3) is 0 Å². The van der Waals surface area contributed by atoms with Gasteiger partial charge in [0.15, 0.2) is 5.17 Å². The molecule has 4 rings (SSSR count). The molecule has 1 atom stereocenters. The highest BCUT2D eigenvalue weighted by molar-refractivity contribution is 8.16. The van der Waals surface area contributed by atoms with Crippen LogP contribution in [0.4, 0.5) is 0 Å². The van der Waals surface area contributed by atoms with Gasteiger partial charge in [-0.25, -0.2) is 0 Å². The van der Waals surface area contributed by atoms with E-state index in [0.717, 1.165) is 45.8 Å². The van der Waals surface area contributed by atoms with E-state index in [1.807, 2.05) is 18.5 Å². The van der Waals surface area contributed by atoms with Gasteiger partial charge < -0.3 is 9.64 Å². The Kier molecular flexibility index (Phi) is 5.16. The van der Waals surface area contributed by atoms with Crippen molar-refractivity contribution in [1.29, 1.82) is 0 Å². The molecule has 0 spiro atoms. The summed E-state index contributed by atoms with van der Waals surface area (Å²) in [6.07, 6.45) is 7.68. The largest absolute Gasteiger partial charge is 0.377 e. The third-order valence-electron chi connectivity index (χ3n) is 4.67. The quantitative estimate of drug-likeness (QED) is 0.794. The van der Waals surface area contributed by atoms with Gasteiger partial charge in [-0.2, -0.15) is 0 Å². The first-order valence-electron chi connectivity index (χ1n) is 8.79. The fourth-order valence-corrected chi connectivity index (χ4v) is 4.44. The topological polar surface area (TPSA) is 41.0 Å². The van der Waals surface area contributed by atoms with E-state index >= 15 is 0 Å². The predicted octanol–water partition coefficient (Wildman–Crippen LogP) is 2.71. The van der Waals surface area contributed by atoms with Crippen LogP contribution in [0.25, 0.3) is 0 Å². The molecule has 0 amide bonds. The number of aromatic nitrogens is 1. The number of amidine groups is 1. The highest BCUT2D eigenvalue weighted by Crippen LogP contribution is 2.29. The highest BCUT2D eigenvalue weighted by atomic mass is 32.2. The van der Waals surface area contributed by atoms with Crippen LogP contribution in [0.1, 0.15) is 24.8 Å². The van der Waals surface area contributed by atoms with E-state index in [1.165, 1.54) is 29.3 Å². The average Bonchev–Trinajstić information content (AvgIpc) is 3.26. The maximum Gasteiger partial charge on any atom is 0.167 e. The van der Waals surface area contributed by atoms with Crippen molar-refractivity contribution in [2.24, 2.45) is 4.99 Å². The third-order valence-corrected chi connectivity index (χ3v) is 5.62. The molecule has 4 heterocycles. The second-order valence-electron chi connectivity index (χ2n) is 6.56. The molecule has 0 radical (unpaired) electrons. The normalized spacial score (nSPS) is 23.4. The molecule has 0 N–H and O–H groups in total. The fraction of sp³-hybridized carbons (Fsp3) is 0.556. The van der Waals surface area contributed by atoms with Crippen molar-refractivity contribution in [2.75, 3.05) is 32.8 Å². The molecular formula is C18H24N4OS. The minimum Gasteiger partial charge on any atom is -0.377 e. The Morgan fingerprint density at radius 3 is 3.17 bits per heavy atom. The predicted molar refractivity (Wildman–Crippen MR) is 97.8 cm³/mol. The van der Waals surface area contributed by atoms with E-state index < -0.39 is 0 Å². The van der Waals surface area contributed by atoms with Crippen molar-refractivity contribution in [3.8, 4) is 0 Å². The summed E-state index contributed by atoms with van der Waals surface area (Å²) in [4.78, 5) is 13.8. The molecule has 3 aliphatic rings. The third kappa shape index (κ3) is 3.82. The zero-order chi connectivity index (χ0) is 16.2. The first-order chi connectivity index (χ1) is 11.9. The Hall–Kier alpha value is -1.37. The second kappa shape index (κ2) is 7.68. The summed E-state index contributed by atoms with van der Waals surface area (Å²) in [5.41, 5.74) is 2.63. The smallest absolute Gasteiger partial charge is 0.167 e. The molecule has 0 unspecified atom stereocenters. The van der Waals surface area contributed by atoms with Crippen LogP contribution in [-0.4, -0.2) is 58.8 Å². The molecule has 3 aliphatic heterocycles. The highest BCUT2D eigenvalue weighted by Gasteiger charge is 2.27. The molecule has 1 fully saturated rings. The number of hydrogen-bond acceptors (Lipinski definition) is 6. The molecule has 0 aromatic carbocycles. The van der Waals surface area contributed by atoms with Crippen molar-refractivity contribution >= 4 is 16.9 Å². The Labute approximate surface area is 147 Å². The molecule has 5 nitrogen and oxygen atoms in total. The number of nitrogens with zero attached hydrogens (tertiary/aromatic N) is 4. The molecule has 0 aliphatic carbocycles. The van der Waals surface area contributed by atoms with Gasteiger partial charge in [0.05, 0.1) is 6.10 Å². The number of thioether (sulfide) groups is 1. The van der Waals surface area contributed by atoms with Gasteiger partial charge in [0.2, 0.25) is 0 Å². The van der Waals surface area contributed by atoms with Crippen molar-refractivity contribution < 1.29 is 4.74 Å². The van der Waals surface area contributed by atoms with Crippen LogP contribution in [0.5, 0.6) is 0 Å². The maximum absolute atomic E-state index is 5.87. The lowest BCUT2D eigenvalue weighted by Gasteiger charge is -2.30. The van der Waals surface area contributed by atoms with Gasteiger partial charge in [-0.15, -0.1) is 0 Å². The molecule has 1 aromatic rings. The lowest BCUT2D eigenvalue weighted by molar-refractivity contribution is 0.0723. The summed E-state index contributed by atoms with van der Waals surface area (Å²) >= 11 is 1.77. The Bertz CT molecular complexity index is 613. The minimum atomic E-state index is 0.367. The van der Waals surface area contributed by atoms with Crippen molar-refractivity contribution in [3.05, 3.63) is 41.2 Å². The monoisotopic (exact) mass is 344 g/mol. The molecule has 0 bridgehead atoms. The van der Waals surface area contributed by atoms with Crippen molar-refractivity contribution in [1.82, 2.24) is 14.8 Å². The molecule has 1 saturated heterocycles. The van der Waals surface area contributed by atoms with Gasteiger partial charge in [-0.3, -0.25) is 14.9 Å². The first-order valence-corrected chi connectivity index (χ1v) is 9.67. The van der Waals surface area contributed by atoms with Gasteiger partial charge in [0, 0.05) is 57.4 Å². The van der Waals surface area contributed by atoms with Gasteiger partial charge in [-0.1, -0.05) is 17.8 Å². The number of hydrogen-bond donors (Lipinski definition) is 0. The number of pyridine rings is 1. The molecular weight excluding hydrogens is 320 g/mol. The van der Waals surface area contributed by atoms with E-state index in [4.69, 9.17) is 4.74 Å². The van der Waals surface area contributed by atoms with Gasteiger partial charge in [-0.05, 0) is 36.3 Å².